The standard InChI is InChI=1S/C21H19Cl2N5O3S/c1-32-20-25-9-11-8-13(16-14(22)5-2-6-15(16)23)17(26-18(11)27-20)19(29)24-10-12-4-3-7-28(12)21(30)31/h2,5-6,8-9,12H,3-4,7,10H2,1H3,(H,24,29)(H,30,31). The summed E-state index contributed by atoms with van der Waals surface area (Å²) in [6.45, 7) is 0.638. The van der Waals surface area contributed by atoms with Crippen LogP contribution < -0.4 is 5.32 Å². The topological polar surface area (TPSA) is 108 Å². The average Bonchev–Trinajstić information content (AvgIpc) is 3.25. The average molecular weight is 492 g/mol. The van der Waals surface area contributed by atoms with E-state index in [0.717, 1.165) is 6.42 Å². The van der Waals surface area contributed by atoms with Crippen LogP contribution in [0.5, 0.6) is 0 Å². The Morgan fingerprint density at radius 2 is 2.03 bits per heavy atom. The molecular weight excluding hydrogens is 473 g/mol. The van der Waals surface area contributed by atoms with Crippen LogP contribution >= 0.6 is 35.0 Å². The molecule has 2 amide bonds. The zero-order valence-electron chi connectivity index (χ0n) is 17.0. The fraction of sp³-hybridized carbons (Fsp3) is 0.286. The molecule has 1 aromatic carbocycles. The Kier molecular flexibility index (Phi) is 6.68. The molecule has 4 rings (SSSR count). The molecule has 32 heavy (non-hydrogen) atoms. The molecule has 11 heteroatoms. The molecule has 3 aromatic rings. The molecule has 0 saturated carbocycles. The molecule has 0 radical (unpaired) electrons. The van der Waals surface area contributed by atoms with E-state index in [-0.39, 0.29) is 18.3 Å². The van der Waals surface area contributed by atoms with Gasteiger partial charge in [-0.1, -0.05) is 41.0 Å². The van der Waals surface area contributed by atoms with Gasteiger partial charge >= 0.3 is 6.09 Å². The molecule has 0 aliphatic carbocycles. The van der Waals surface area contributed by atoms with E-state index >= 15 is 0 Å². The third kappa shape index (κ3) is 4.46. The van der Waals surface area contributed by atoms with Crippen molar-refractivity contribution in [3.8, 4) is 11.1 Å². The van der Waals surface area contributed by atoms with Gasteiger partial charge in [0.05, 0.1) is 6.04 Å². The van der Waals surface area contributed by atoms with Crippen LogP contribution in [-0.2, 0) is 0 Å². The van der Waals surface area contributed by atoms with Gasteiger partial charge in [0.15, 0.2) is 10.8 Å². The SMILES string of the molecule is CSc1ncc2cc(-c3c(Cl)cccc3Cl)c(C(=O)NCC3CCCN3C(=O)O)nc2n1. The lowest BCUT2D eigenvalue weighted by Crippen LogP contribution is -2.42. The third-order valence-electron chi connectivity index (χ3n) is 5.30. The lowest BCUT2D eigenvalue weighted by atomic mass is 10.0. The molecule has 2 N–H and O–H groups in total. The maximum Gasteiger partial charge on any atom is 0.407 e. The van der Waals surface area contributed by atoms with E-state index in [1.54, 1.807) is 30.5 Å². The number of carbonyl (C=O) groups is 2. The molecular formula is C21H19Cl2N5O3S. The monoisotopic (exact) mass is 491 g/mol. The Labute approximate surface area is 198 Å². The molecule has 1 aliphatic rings. The minimum atomic E-state index is -0.990. The van der Waals surface area contributed by atoms with Gasteiger partial charge in [0.1, 0.15) is 5.69 Å². The molecule has 2 aromatic heterocycles. The number of nitrogens with zero attached hydrogens (tertiary/aromatic N) is 4. The van der Waals surface area contributed by atoms with Crippen molar-refractivity contribution in [3.05, 3.63) is 46.2 Å². The predicted molar refractivity (Wildman–Crippen MR) is 125 cm³/mol. The van der Waals surface area contributed by atoms with E-state index in [1.807, 2.05) is 6.26 Å². The highest BCUT2D eigenvalue weighted by Gasteiger charge is 2.29. The van der Waals surface area contributed by atoms with Gasteiger partial charge in [-0.3, -0.25) is 4.79 Å². The Bertz CT molecular complexity index is 1190. The van der Waals surface area contributed by atoms with E-state index in [4.69, 9.17) is 23.2 Å². The molecule has 1 saturated heterocycles. The predicted octanol–water partition coefficient (Wildman–Crippen LogP) is 4.59. The number of hydrogen-bond donors (Lipinski definition) is 2. The van der Waals surface area contributed by atoms with Crippen molar-refractivity contribution in [2.45, 2.75) is 24.0 Å². The highest BCUT2D eigenvalue weighted by molar-refractivity contribution is 7.98. The third-order valence-corrected chi connectivity index (χ3v) is 6.49. The molecule has 1 aliphatic heterocycles. The summed E-state index contributed by atoms with van der Waals surface area (Å²) in [6, 6.07) is 6.55. The number of thioether (sulfide) groups is 1. The number of carboxylic acid groups (broad SMARTS) is 1. The fourth-order valence-electron chi connectivity index (χ4n) is 3.76. The Morgan fingerprint density at radius 3 is 2.72 bits per heavy atom. The van der Waals surface area contributed by atoms with Gasteiger partial charge in [0.2, 0.25) is 0 Å². The summed E-state index contributed by atoms with van der Waals surface area (Å²) in [5, 5.41) is 14.1. The summed E-state index contributed by atoms with van der Waals surface area (Å²) in [4.78, 5) is 39.2. The van der Waals surface area contributed by atoms with Crippen LogP contribution in [0.1, 0.15) is 23.3 Å². The number of benzene rings is 1. The van der Waals surface area contributed by atoms with Gasteiger partial charge in [0, 0.05) is 45.8 Å². The molecule has 0 bridgehead atoms. The van der Waals surface area contributed by atoms with Crippen LogP contribution in [0.25, 0.3) is 22.2 Å². The van der Waals surface area contributed by atoms with Gasteiger partial charge in [0.25, 0.3) is 5.91 Å². The van der Waals surface area contributed by atoms with Crippen LogP contribution in [0.3, 0.4) is 0 Å². The van der Waals surface area contributed by atoms with Gasteiger partial charge in [-0.15, -0.1) is 0 Å². The Balaban J connectivity index is 1.75. The number of carbonyl (C=O) groups excluding carboxylic acids is 1. The van der Waals surface area contributed by atoms with Crippen molar-refractivity contribution >= 4 is 58.0 Å². The van der Waals surface area contributed by atoms with E-state index in [2.05, 4.69) is 20.3 Å². The highest BCUT2D eigenvalue weighted by Crippen LogP contribution is 2.37. The molecule has 1 fully saturated rings. The van der Waals surface area contributed by atoms with Crippen LogP contribution in [0, 0.1) is 0 Å². The zero-order valence-corrected chi connectivity index (χ0v) is 19.3. The second-order valence-corrected chi connectivity index (χ2v) is 8.82. The first-order valence-corrected chi connectivity index (χ1v) is 11.8. The first-order chi connectivity index (χ1) is 15.4. The van der Waals surface area contributed by atoms with E-state index in [0.29, 0.717) is 50.3 Å². The molecule has 166 valence electrons. The molecule has 8 nitrogen and oxygen atoms in total. The summed E-state index contributed by atoms with van der Waals surface area (Å²) in [6.07, 6.45) is 3.94. The van der Waals surface area contributed by atoms with E-state index < -0.39 is 12.0 Å². The number of likely N-dealkylation sites (tertiary alicyclic amines) is 1. The molecule has 0 spiro atoms. The minimum Gasteiger partial charge on any atom is -0.465 e. The minimum absolute atomic E-state index is 0.109. The van der Waals surface area contributed by atoms with Crippen molar-refractivity contribution in [1.29, 1.82) is 0 Å². The summed E-state index contributed by atoms with van der Waals surface area (Å²) < 4.78 is 0. The maximum absolute atomic E-state index is 13.2. The summed E-state index contributed by atoms with van der Waals surface area (Å²) in [7, 11) is 0. The maximum atomic E-state index is 13.2. The number of hydrogen-bond acceptors (Lipinski definition) is 6. The number of pyridine rings is 1. The summed E-state index contributed by atoms with van der Waals surface area (Å²) in [5.41, 5.74) is 1.41. The quantitative estimate of drug-likeness (QED) is 0.396. The van der Waals surface area contributed by atoms with Gasteiger partial charge in [-0.25, -0.2) is 19.7 Å². The first-order valence-electron chi connectivity index (χ1n) is 9.83. The molecule has 1 unspecified atom stereocenters. The number of amides is 2. The number of halogens is 2. The smallest absolute Gasteiger partial charge is 0.407 e. The number of aromatic nitrogens is 3. The second-order valence-electron chi connectivity index (χ2n) is 7.23. The van der Waals surface area contributed by atoms with Crippen molar-refractivity contribution in [2.24, 2.45) is 0 Å². The van der Waals surface area contributed by atoms with E-state index in [1.165, 1.54) is 16.7 Å². The molecule has 3 heterocycles. The van der Waals surface area contributed by atoms with Crippen LogP contribution in [0.2, 0.25) is 10.0 Å². The first kappa shape index (κ1) is 22.6. The number of fused-ring (bicyclic) bond motifs is 1. The van der Waals surface area contributed by atoms with Gasteiger partial charge in [-0.05, 0) is 37.3 Å². The van der Waals surface area contributed by atoms with Crippen molar-refractivity contribution in [3.63, 3.8) is 0 Å². The molecule has 1 atom stereocenters. The van der Waals surface area contributed by atoms with Crippen LogP contribution in [0.4, 0.5) is 4.79 Å². The van der Waals surface area contributed by atoms with Gasteiger partial charge < -0.3 is 15.3 Å². The zero-order chi connectivity index (χ0) is 22.8. The van der Waals surface area contributed by atoms with E-state index in [9.17, 15) is 14.7 Å². The lowest BCUT2D eigenvalue weighted by molar-refractivity contribution is 0.0930. The normalized spacial score (nSPS) is 15.8. The Hall–Kier alpha value is -2.62. The lowest BCUT2D eigenvalue weighted by Gasteiger charge is -2.22. The van der Waals surface area contributed by atoms with Crippen molar-refractivity contribution < 1.29 is 14.7 Å². The van der Waals surface area contributed by atoms with Gasteiger partial charge in [-0.2, -0.15) is 0 Å². The second kappa shape index (κ2) is 9.48. The van der Waals surface area contributed by atoms with Crippen LogP contribution in [-0.4, -0.2) is 62.3 Å². The highest BCUT2D eigenvalue weighted by atomic mass is 35.5. The largest absolute Gasteiger partial charge is 0.465 e. The van der Waals surface area contributed by atoms with Crippen molar-refractivity contribution in [1.82, 2.24) is 25.2 Å². The fourth-order valence-corrected chi connectivity index (χ4v) is 4.70. The number of rotatable bonds is 5. The summed E-state index contributed by atoms with van der Waals surface area (Å²) >= 11 is 14.2. The summed E-state index contributed by atoms with van der Waals surface area (Å²) in [5.74, 6) is -0.459. The van der Waals surface area contributed by atoms with Crippen molar-refractivity contribution in [2.75, 3.05) is 19.3 Å². The number of nitrogens with one attached hydrogen (secondary N) is 1. The van der Waals surface area contributed by atoms with Crippen LogP contribution in [0.15, 0.2) is 35.6 Å². The Morgan fingerprint density at radius 1 is 1.28 bits per heavy atom.